The third-order valence-corrected chi connectivity index (χ3v) is 10.8. The summed E-state index contributed by atoms with van der Waals surface area (Å²) in [5, 5.41) is 44.1. The lowest BCUT2D eigenvalue weighted by Crippen LogP contribution is -2.13. The van der Waals surface area contributed by atoms with Crippen LogP contribution in [0.2, 0.25) is 0 Å². The van der Waals surface area contributed by atoms with Crippen LogP contribution >= 0.6 is 0 Å². The van der Waals surface area contributed by atoms with Gasteiger partial charge in [0.1, 0.15) is 5.75 Å². The van der Waals surface area contributed by atoms with Gasteiger partial charge in [0.05, 0.1) is 27.3 Å². The van der Waals surface area contributed by atoms with Gasteiger partial charge in [0.25, 0.3) is 11.4 Å². The molecule has 6 N–H and O–H groups in total. The molecule has 0 aromatic heterocycles. The van der Waals surface area contributed by atoms with Crippen LogP contribution in [0.4, 0.5) is 56.9 Å². The number of nitro groups is 2. The van der Waals surface area contributed by atoms with E-state index in [0.717, 1.165) is 113 Å². The highest BCUT2D eigenvalue weighted by Crippen LogP contribution is 2.40. The Morgan fingerprint density at radius 2 is 0.759 bits per heavy atom. The third-order valence-electron chi connectivity index (χ3n) is 10.8. The lowest BCUT2D eigenvalue weighted by molar-refractivity contribution is -0.394. The number of phenolic OH excluding ortho intramolecular Hbond substituents is 1. The van der Waals surface area contributed by atoms with Crippen LogP contribution in [-0.4, -0.2) is 15.0 Å². The minimum absolute atomic E-state index is 0.201. The molecule has 0 radical (unpaired) electrons. The van der Waals surface area contributed by atoms with Crippen LogP contribution < -0.4 is 26.8 Å². The van der Waals surface area contributed by atoms with Crippen molar-refractivity contribution in [2.45, 2.75) is 83.1 Å². The van der Waals surface area contributed by atoms with Gasteiger partial charge in [-0.25, -0.2) is 0 Å². The van der Waals surface area contributed by atoms with Gasteiger partial charge in [0, 0.05) is 46.3 Å². The first-order chi connectivity index (χ1) is 25.3. The van der Waals surface area contributed by atoms with Gasteiger partial charge < -0.3 is 31.9 Å². The lowest BCUT2D eigenvalue weighted by atomic mass is 9.96. The molecular formula is C42H49N7O5. The van der Waals surface area contributed by atoms with E-state index < -0.39 is 9.85 Å². The van der Waals surface area contributed by atoms with Crippen molar-refractivity contribution in [3.05, 3.63) is 129 Å². The molecule has 0 atom stereocenters. The molecule has 0 saturated carbocycles. The number of non-ortho nitro benzene ring substituents is 2. The van der Waals surface area contributed by atoms with Crippen molar-refractivity contribution in [2.24, 2.45) is 0 Å². The second-order valence-electron chi connectivity index (χ2n) is 14.3. The topological polar surface area (TPSA) is 167 Å². The summed E-state index contributed by atoms with van der Waals surface area (Å²) in [6.07, 6.45) is 0. The smallest absolute Gasteiger partial charge is 0.278 e. The van der Waals surface area contributed by atoms with Crippen LogP contribution in [0.1, 0.15) is 66.8 Å². The molecule has 5 aromatic carbocycles. The molecular weight excluding hydrogens is 683 g/mol. The third kappa shape index (κ3) is 7.45. The summed E-state index contributed by atoms with van der Waals surface area (Å²) in [4.78, 5) is 21.4. The number of benzene rings is 5. The Morgan fingerprint density at radius 1 is 0.426 bits per heavy atom. The first-order valence-corrected chi connectivity index (χ1v) is 17.7. The predicted octanol–water partition coefficient (Wildman–Crippen LogP) is 11.6. The van der Waals surface area contributed by atoms with Gasteiger partial charge >= 0.3 is 0 Å². The van der Waals surface area contributed by atoms with Crippen molar-refractivity contribution in [2.75, 3.05) is 26.8 Å². The lowest BCUT2D eigenvalue weighted by Gasteiger charge is -2.24. The number of aromatic hydroxyl groups is 1. The molecule has 0 bridgehead atoms. The summed E-state index contributed by atoms with van der Waals surface area (Å²) in [7, 11) is 0. The number of phenols is 1. The SMILES string of the molecule is Cc1cc(O)c(C)c(C)c1Nc1cc(C)c(Nc2cc(C)c(Nc3cc(C)c(NNc4cc([N+](=O)[O-])cc([N+](=O)[O-])c4)c(C)c3C)c(C)c2C)c(C)c1C. The monoisotopic (exact) mass is 731 g/mol. The van der Waals surface area contributed by atoms with Gasteiger partial charge in [0.2, 0.25) is 0 Å². The van der Waals surface area contributed by atoms with Gasteiger partial charge in [-0.15, -0.1) is 0 Å². The number of anilines is 8. The van der Waals surface area contributed by atoms with E-state index in [9.17, 15) is 25.3 Å². The molecule has 12 nitrogen and oxygen atoms in total. The van der Waals surface area contributed by atoms with Crippen molar-refractivity contribution in [3.63, 3.8) is 0 Å². The summed E-state index contributed by atoms with van der Waals surface area (Å²) < 4.78 is 0. The average molecular weight is 732 g/mol. The molecule has 5 rings (SSSR count). The Labute approximate surface area is 316 Å². The van der Waals surface area contributed by atoms with Gasteiger partial charge in [-0.2, -0.15) is 0 Å². The summed E-state index contributed by atoms with van der Waals surface area (Å²) in [6.45, 7) is 24.6. The maximum absolute atomic E-state index is 11.4. The van der Waals surface area contributed by atoms with E-state index in [1.54, 1.807) is 6.07 Å². The number of hydrogen-bond donors (Lipinski definition) is 6. The highest BCUT2D eigenvalue weighted by atomic mass is 16.6. The molecule has 0 unspecified atom stereocenters. The molecule has 0 amide bonds. The first-order valence-electron chi connectivity index (χ1n) is 17.7. The van der Waals surface area contributed by atoms with Gasteiger partial charge in [-0.1, -0.05) is 0 Å². The Kier molecular flexibility index (Phi) is 10.8. The number of nitrogens with zero attached hydrogens (tertiary/aromatic N) is 2. The normalized spacial score (nSPS) is 11.0. The highest BCUT2D eigenvalue weighted by molar-refractivity contribution is 5.82. The van der Waals surface area contributed by atoms with Gasteiger partial charge in [-0.05, 0) is 174 Å². The zero-order valence-corrected chi connectivity index (χ0v) is 33.0. The van der Waals surface area contributed by atoms with E-state index in [-0.39, 0.29) is 17.1 Å². The van der Waals surface area contributed by atoms with Crippen LogP contribution in [0, 0.1) is 103 Å². The van der Waals surface area contributed by atoms with E-state index in [1.165, 1.54) is 12.1 Å². The van der Waals surface area contributed by atoms with Crippen molar-refractivity contribution in [1.82, 2.24) is 0 Å². The molecule has 5 aromatic rings. The van der Waals surface area contributed by atoms with Crippen LogP contribution in [0.5, 0.6) is 5.75 Å². The second kappa shape index (κ2) is 15.0. The molecule has 12 heteroatoms. The van der Waals surface area contributed by atoms with Crippen molar-refractivity contribution in [3.8, 4) is 5.75 Å². The molecule has 0 heterocycles. The molecule has 0 spiro atoms. The maximum atomic E-state index is 11.4. The molecule has 0 aliphatic heterocycles. The Morgan fingerprint density at radius 3 is 1.15 bits per heavy atom. The van der Waals surface area contributed by atoms with Crippen molar-refractivity contribution >= 4 is 56.9 Å². The molecule has 54 heavy (non-hydrogen) atoms. The molecule has 0 fully saturated rings. The number of hydrogen-bond acceptors (Lipinski definition) is 10. The van der Waals surface area contributed by atoms with Crippen LogP contribution in [0.3, 0.4) is 0 Å². The second-order valence-corrected chi connectivity index (χ2v) is 14.3. The fourth-order valence-corrected chi connectivity index (χ4v) is 6.88. The first kappa shape index (κ1) is 38.9. The quantitative estimate of drug-likeness (QED) is 0.0437. The maximum Gasteiger partial charge on any atom is 0.278 e. The summed E-state index contributed by atoms with van der Waals surface area (Å²) in [5.74, 6) is 0.306. The van der Waals surface area contributed by atoms with Crippen LogP contribution in [-0.2, 0) is 0 Å². The van der Waals surface area contributed by atoms with E-state index in [0.29, 0.717) is 5.75 Å². The summed E-state index contributed by atoms with van der Waals surface area (Å²) >= 11 is 0. The largest absolute Gasteiger partial charge is 0.508 e. The minimum atomic E-state index is -0.658. The van der Waals surface area contributed by atoms with Crippen LogP contribution in [0.15, 0.2) is 42.5 Å². The van der Waals surface area contributed by atoms with Crippen LogP contribution in [0.25, 0.3) is 0 Å². The Hall–Kier alpha value is -6.30. The number of hydrazine groups is 1. The molecule has 0 saturated heterocycles. The predicted molar refractivity (Wildman–Crippen MR) is 221 cm³/mol. The summed E-state index contributed by atoms with van der Waals surface area (Å²) in [5.41, 5.74) is 24.8. The Bertz CT molecular complexity index is 2340. The van der Waals surface area contributed by atoms with Gasteiger partial charge in [-0.3, -0.25) is 20.2 Å². The molecule has 0 aliphatic rings. The highest BCUT2D eigenvalue weighted by Gasteiger charge is 2.20. The minimum Gasteiger partial charge on any atom is -0.508 e. The number of nitro benzene ring substituents is 2. The van der Waals surface area contributed by atoms with Crippen molar-refractivity contribution < 1.29 is 15.0 Å². The average Bonchev–Trinajstić information content (AvgIpc) is 3.11. The molecule has 0 aliphatic carbocycles. The Balaban J connectivity index is 1.40. The van der Waals surface area contributed by atoms with E-state index >= 15 is 0 Å². The zero-order chi connectivity index (χ0) is 39.9. The summed E-state index contributed by atoms with van der Waals surface area (Å²) in [6, 6.07) is 11.6. The standard InChI is InChI=1S/C42H49N7O5/c1-20-13-35(43-39-21(2)14-36(25(6)29(39)10)45-41-23(4)16-38(50)27(8)31(41)12)24(5)28(9)40(20)44-37-15-22(3)42(30(11)26(37)7)47-46-32-17-33(48(51)52)19-34(18-32)49(53)54/h13-19,43-47,50H,1-12H3. The van der Waals surface area contributed by atoms with E-state index in [2.05, 4.69) is 80.5 Å². The zero-order valence-electron chi connectivity index (χ0n) is 33.0. The van der Waals surface area contributed by atoms with E-state index in [4.69, 9.17) is 0 Å². The van der Waals surface area contributed by atoms with E-state index in [1.807, 2.05) is 47.6 Å². The number of nitrogens with one attached hydrogen (secondary N) is 5. The van der Waals surface area contributed by atoms with Crippen molar-refractivity contribution in [1.29, 1.82) is 0 Å². The molecule has 282 valence electrons. The fraction of sp³-hybridized carbons (Fsp3) is 0.286. The number of aryl methyl sites for hydroxylation is 4. The number of rotatable bonds is 11. The van der Waals surface area contributed by atoms with Gasteiger partial charge in [0.15, 0.2) is 0 Å². The fourth-order valence-electron chi connectivity index (χ4n) is 6.88.